The van der Waals surface area contributed by atoms with Crippen molar-refractivity contribution in [3.8, 4) is 21.1 Å². The SMILES string of the molecule is COCCCCCCc1ccc(-c2nnc(-c3ccccc3C(=O)On3nnc4ccccc43)s2)cc1. The third-order valence-corrected chi connectivity index (χ3v) is 7.06. The van der Waals surface area contributed by atoms with Gasteiger partial charge < -0.3 is 9.57 Å². The Labute approximate surface area is 218 Å². The molecular weight excluding hydrogens is 486 g/mol. The lowest BCUT2D eigenvalue weighted by atomic mass is 10.0. The Balaban J connectivity index is 1.27. The maximum atomic E-state index is 13.1. The molecule has 0 saturated carbocycles. The molecule has 0 amide bonds. The number of aromatic nitrogens is 5. The van der Waals surface area contributed by atoms with Crippen LogP contribution in [0.5, 0.6) is 0 Å². The standard InChI is InChI=1S/C28H27N5O3S/c1-35-19-9-3-2-4-10-20-15-17-21(18-16-20)26-30-31-27(37-26)22-11-5-6-12-23(22)28(34)36-33-25-14-8-7-13-24(25)29-32-33/h5-8,11-18H,2-4,9-10,19H2,1H3. The summed E-state index contributed by atoms with van der Waals surface area (Å²) in [6.45, 7) is 0.837. The topological polar surface area (TPSA) is 92.0 Å². The highest BCUT2D eigenvalue weighted by atomic mass is 32.1. The van der Waals surface area contributed by atoms with E-state index in [2.05, 4.69) is 44.8 Å². The van der Waals surface area contributed by atoms with Crippen molar-refractivity contribution < 1.29 is 14.4 Å². The van der Waals surface area contributed by atoms with Gasteiger partial charge in [-0.05, 0) is 48.2 Å². The normalized spacial score (nSPS) is 11.2. The third kappa shape index (κ3) is 5.90. The largest absolute Gasteiger partial charge is 0.385 e. The first-order valence-electron chi connectivity index (χ1n) is 12.3. The highest BCUT2D eigenvalue weighted by Gasteiger charge is 2.19. The quantitative estimate of drug-likeness (QED) is 0.167. The fourth-order valence-corrected chi connectivity index (χ4v) is 4.97. The summed E-state index contributed by atoms with van der Waals surface area (Å²) in [7, 11) is 1.75. The van der Waals surface area contributed by atoms with Crippen LogP contribution >= 0.6 is 11.3 Å². The molecule has 0 bridgehead atoms. The third-order valence-electron chi connectivity index (χ3n) is 6.06. The average Bonchev–Trinajstić information content (AvgIpc) is 3.59. The van der Waals surface area contributed by atoms with Crippen molar-refractivity contribution in [3.63, 3.8) is 0 Å². The zero-order valence-electron chi connectivity index (χ0n) is 20.5. The van der Waals surface area contributed by atoms with E-state index in [1.807, 2.05) is 24.3 Å². The summed E-state index contributed by atoms with van der Waals surface area (Å²) in [4.78, 5) is 19.7. The number of nitrogens with zero attached hydrogens (tertiary/aromatic N) is 5. The maximum Gasteiger partial charge on any atom is 0.366 e. The van der Waals surface area contributed by atoms with E-state index in [0.717, 1.165) is 34.9 Å². The van der Waals surface area contributed by atoms with Crippen molar-refractivity contribution >= 4 is 28.3 Å². The molecule has 0 atom stereocenters. The Kier molecular flexibility index (Phi) is 7.93. The number of para-hydroxylation sites is 1. The molecule has 5 aromatic rings. The van der Waals surface area contributed by atoms with Crippen molar-refractivity contribution in [2.24, 2.45) is 0 Å². The molecule has 3 aromatic carbocycles. The molecule has 0 aliphatic rings. The fourth-order valence-electron chi connectivity index (χ4n) is 4.08. The van der Waals surface area contributed by atoms with Gasteiger partial charge in [-0.3, -0.25) is 0 Å². The number of unbranched alkanes of at least 4 members (excludes halogenated alkanes) is 3. The van der Waals surface area contributed by atoms with Gasteiger partial charge in [-0.1, -0.05) is 83.6 Å². The number of methoxy groups -OCH3 is 1. The van der Waals surface area contributed by atoms with E-state index >= 15 is 0 Å². The fraction of sp³-hybridized carbons (Fsp3) is 0.250. The average molecular weight is 514 g/mol. The Hall–Kier alpha value is -3.95. The molecule has 2 heterocycles. The first kappa shape index (κ1) is 24.7. The number of carbonyl (C=O) groups is 1. The number of rotatable bonds is 11. The zero-order valence-corrected chi connectivity index (χ0v) is 21.4. The molecular formula is C28H27N5O3S. The monoisotopic (exact) mass is 513 g/mol. The highest BCUT2D eigenvalue weighted by molar-refractivity contribution is 7.18. The molecule has 0 saturated heterocycles. The predicted octanol–water partition coefficient (Wildman–Crippen LogP) is 5.64. The van der Waals surface area contributed by atoms with Gasteiger partial charge in [0.15, 0.2) is 0 Å². The Bertz CT molecular complexity index is 1480. The molecule has 188 valence electrons. The molecule has 2 aromatic heterocycles. The van der Waals surface area contributed by atoms with Crippen molar-refractivity contribution in [1.29, 1.82) is 0 Å². The van der Waals surface area contributed by atoms with Gasteiger partial charge >= 0.3 is 5.97 Å². The van der Waals surface area contributed by atoms with E-state index in [4.69, 9.17) is 9.57 Å². The van der Waals surface area contributed by atoms with Gasteiger partial charge in [0.1, 0.15) is 21.0 Å². The minimum Gasteiger partial charge on any atom is -0.385 e. The summed E-state index contributed by atoms with van der Waals surface area (Å²) in [6.07, 6.45) is 5.76. The van der Waals surface area contributed by atoms with Crippen LogP contribution in [-0.2, 0) is 11.2 Å². The number of hydrogen-bond donors (Lipinski definition) is 0. The van der Waals surface area contributed by atoms with E-state index in [9.17, 15) is 4.79 Å². The smallest absolute Gasteiger partial charge is 0.366 e. The molecule has 0 unspecified atom stereocenters. The van der Waals surface area contributed by atoms with Crippen LogP contribution in [-0.4, -0.2) is 45.0 Å². The first-order chi connectivity index (χ1) is 18.2. The van der Waals surface area contributed by atoms with Gasteiger partial charge in [-0.25, -0.2) is 4.79 Å². The summed E-state index contributed by atoms with van der Waals surface area (Å²) >= 11 is 1.44. The highest BCUT2D eigenvalue weighted by Crippen LogP contribution is 2.32. The summed E-state index contributed by atoms with van der Waals surface area (Å²) in [5.41, 5.74) is 4.61. The molecule has 0 fully saturated rings. The van der Waals surface area contributed by atoms with Crippen molar-refractivity contribution in [1.82, 2.24) is 25.4 Å². The van der Waals surface area contributed by atoms with Crippen LogP contribution in [0, 0.1) is 0 Å². The number of aryl methyl sites for hydroxylation is 1. The van der Waals surface area contributed by atoms with Crippen molar-refractivity contribution in [3.05, 3.63) is 83.9 Å². The second-order valence-corrected chi connectivity index (χ2v) is 9.62. The van der Waals surface area contributed by atoms with Gasteiger partial charge in [-0.2, -0.15) is 0 Å². The van der Waals surface area contributed by atoms with Gasteiger partial charge in [0, 0.05) is 24.8 Å². The molecule has 8 nitrogen and oxygen atoms in total. The van der Waals surface area contributed by atoms with Gasteiger partial charge in [0.05, 0.1) is 5.56 Å². The minimum atomic E-state index is -0.547. The van der Waals surface area contributed by atoms with Crippen LogP contribution in [0.25, 0.3) is 32.2 Å². The lowest BCUT2D eigenvalue weighted by molar-refractivity contribution is 0.0409. The number of benzene rings is 3. The van der Waals surface area contributed by atoms with E-state index < -0.39 is 5.97 Å². The Morgan fingerprint density at radius 1 is 0.838 bits per heavy atom. The van der Waals surface area contributed by atoms with Crippen molar-refractivity contribution in [2.75, 3.05) is 13.7 Å². The van der Waals surface area contributed by atoms with E-state index in [0.29, 0.717) is 27.2 Å². The van der Waals surface area contributed by atoms with Gasteiger partial charge in [0.25, 0.3) is 0 Å². The summed E-state index contributed by atoms with van der Waals surface area (Å²) in [5, 5.41) is 18.2. The number of fused-ring (bicyclic) bond motifs is 1. The number of ether oxygens (including phenoxy) is 1. The van der Waals surface area contributed by atoms with Crippen LogP contribution in [0.3, 0.4) is 0 Å². The summed E-state index contributed by atoms with van der Waals surface area (Å²) in [6, 6.07) is 23.0. The maximum absolute atomic E-state index is 13.1. The van der Waals surface area contributed by atoms with Gasteiger partial charge in [-0.15, -0.1) is 15.3 Å². The molecule has 0 aliphatic carbocycles. The van der Waals surface area contributed by atoms with E-state index in [1.165, 1.54) is 36.2 Å². The van der Waals surface area contributed by atoms with Crippen molar-refractivity contribution in [2.45, 2.75) is 32.1 Å². The molecule has 0 radical (unpaired) electrons. The molecule has 9 heteroatoms. The molecule has 37 heavy (non-hydrogen) atoms. The number of hydrogen-bond acceptors (Lipinski definition) is 8. The lowest BCUT2D eigenvalue weighted by Crippen LogP contribution is -2.21. The predicted molar refractivity (Wildman–Crippen MR) is 143 cm³/mol. The minimum absolute atomic E-state index is 0.380. The van der Waals surface area contributed by atoms with Crippen LogP contribution in [0.4, 0.5) is 0 Å². The molecule has 0 N–H and O–H groups in total. The van der Waals surface area contributed by atoms with E-state index in [1.54, 1.807) is 31.4 Å². The second kappa shape index (κ2) is 11.9. The summed E-state index contributed by atoms with van der Waals surface area (Å²) in [5.74, 6) is -0.547. The van der Waals surface area contributed by atoms with E-state index in [-0.39, 0.29) is 0 Å². The zero-order chi connectivity index (χ0) is 25.5. The molecule has 0 aliphatic heterocycles. The molecule has 0 spiro atoms. The first-order valence-corrected chi connectivity index (χ1v) is 13.1. The Morgan fingerprint density at radius 3 is 2.46 bits per heavy atom. The number of carbonyl (C=O) groups excluding carboxylic acids is 1. The van der Waals surface area contributed by atoms with Crippen LogP contribution in [0.2, 0.25) is 0 Å². The lowest BCUT2D eigenvalue weighted by Gasteiger charge is -2.06. The second-order valence-electron chi connectivity index (χ2n) is 8.64. The van der Waals surface area contributed by atoms with Crippen LogP contribution in [0.15, 0.2) is 72.8 Å². The Morgan fingerprint density at radius 2 is 1.59 bits per heavy atom. The van der Waals surface area contributed by atoms with Crippen LogP contribution in [0.1, 0.15) is 41.6 Å². The summed E-state index contributed by atoms with van der Waals surface area (Å²) < 4.78 is 5.11. The van der Waals surface area contributed by atoms with Crippen LogP contribution < -0.4 is 4.84 Å². The molecule has 5 rings (SSSR count). The van der Waals surface area contributed by atoms with Gasteiger partial charge in [0.2, 0.25) is 0 Å².